The van der Waals surface area contributed by atoms with Crippen LogP contribution in [0.3, 0.4) is 0 Å². The zero-order valence-electron chi connectivity index (χ0n) is 22.3. The van der Waals surface area contributed by atoms with Crippen LogP contribution in [0.25, 0.3) is 5.65 Å². The van der Waals surface area contributed by atoms with Crippen LogP contribution in [-0.4, -0.2) is 74.6 Å². The highest BCUT2D eigenvalue weighted by atomic mass is 19.1. The number of nitrogens with one attached hydrogen (secondary N) is 1. The van der Waals surface area contributed by atoms with Gasteiger partial charge in [-0.3, -0.25) is 14.1 Å². The molecule has 1 fully saturated rings. The van der Waals surface area contributed by atoms with Crippen LogP contribution in [0, 0.1) is 18.8 Å². The maximum absolute atomic E-state index is 13.9. The number of fused-ring (bicyclic) bond motifs is 1. The first-order valence-corrected chi connectivity index (χ1v) is 12.9. The van der Waals surface area contributed by atoms with E-state index in [2.05, 4.69) is 44.2 Å². The number of pyridine rings is 1. The third-order valence-electron chi connectivity index (χ3n) is 7.06. The Balaban J connectivity index is 1.31. The highest BCUT2D eigenvalue weighted by Gasteiger charge is 2.16. The quantitative estimate of drug-likeness (QED) is 0.360. The lowest BCUT2D eigenvalue weighted by atomic mass is 10.0. The maximum Gasteiger partial charge on any atom is 0.335 e. The van der Waals surface area contributed by atoms with E-state index in [1.165, 1.54) is 12.1 Å². The second kappa shape index (κ2) is 11.7. The summed E-state index contributed by atoms with van der Waals surface area (Å²) in [7, 11) is 2.10. The predicted octanol–water partition coefficient (Wildman–Crippen LogP) is 3.60. The van der Waals surface area contributed by atoms with Crippen LogP contribution in [0.1, 0.15) is 48.8 Å². The third kappa shape index (κ3) is 6.01. The van der Waals surface area contributed by atoms with Crippen molar-refractivity contribution in [3.63, 3.8) is 0 Å². The average Bonchev–Trinajstić information content (AvgIpc) is 3.36. The first-order chi connectivity index (χ1) is 19.3. The number of nitrogens with zero attached hydrogens (tertiary/aromatic N) is 5. The fraction of sp³-hybridized carbons (Fsp3) is 0.267. The van der Waals surface area contributed by atoms with E-state index in [1.807, 2.05) is 25.1 Å². The minimum Gasteiger partial charge on any atom is -0.478 e. The van der Waals surface area contributed by atoms with Crippen LogP contribution in [-0.2, 0) is 13.2 Å². The molecular weight excluding hydrogens is 511 g/mol. The molecule has 1 amide bonds. The lowest BCUT2D eigenvalue weighted by Crippen LogP contribution is -2.44. The second-order valence-electron chi connectivity index (χ2n) is 9.90. The van der Waals surface area contributed by atoms with E-state index in [1.54, 1.807) is 28.8 Å². The number of carbonyl (C=O) groups is 2. The van der Waals surface area contributed by atoms with Crippen molar-refractivity contribution in [2.24, 2.45) is 0 Å². The van der Waals surface area contributed by atoms with Gasteiger partial charge in [-0.25, -0.2) is 9.18 Å². The molecule has 0 aliphatic carbocycles. The maximum atomic E-state index is 13.9. The Labute approximate surface area is 231 Å². The molecule has 40 heavy (non-hydrogen) atoms. The van der Waals surface area contributed by atoms with Crippen LogP contribution in [0.2, 0.25) is 0 Å². The van der Waals surface area contributed by atoms with Crippen LogP contribution >= 0.6 is 0 Å². The van der Waals surface area contributed by atoms with Gasteiger partial charge in [-0.15, -0.1) is 10.2 Å². The van der Waals surface area contributed by atoms with Crippen molar-refractivity contribution >= 4 is 23.2 Å². The van der Waals surface area contributed by atoms with E-state index < -0.39 is 12.6 Å². The number of amides is 1. The van der Waals surface area contributed by atoms with Crippen molar-refractivity contribution in [3.8, 4) is 11.8 Å². The number of aromatic nitrogens is 3. The number of aromatic carboxylic acids is 1. The summed E-state index contributed by atoms with van der Waals surface area (Å²) in [4.78, 5) is 28.9. The van der Waals surface area contributed by atoms with Crippen molar-refractivity contribution < 1.29 is 19.1 Å². The van der Waals surface area contributed by atoms with E-state index in [0.29, 0.717) is 40.4 Å². The van der Waals surface area contributed by atoms with Gasteiger partial charge < -0.3 is 15.3 Å². The number of hydrogen-bond donors (Lipinski definition) is 2. The summed E-state index contributed by atoms with van der Waals surface area (Å²) in [5.74, 6) is 4.97. The molecule has 1 saturated heterocycles. The summed E-state index contributed by atoms with van der Waals surface area (Å²) in [5.41, 5.74) is 4.44. The van der Waals surface area contributed by atoms with Gasteiger partial charge in [0, 0.05) is 55.7 Å². The molecule has 9 nitrogen and oxygen atoms in total. The molecule has 2 aromatic carbocycles. The van der Waals surface area contributed by atoms with Gasteiger partial charge in [-0.1, -0.05) is 18.1 Å². The summed E-state index contributed by atoms with van der Waals surface area (Å²) in [5, 5.41) is 20.1. The van der Waals surface area contributed by atoms with Crippen molar-refractivity contribution in [1.82, 2.24) is 24.4 Å². The molecule has 3 heterocycles. The number of halogens is 1. The van der Waals surface area contributed by atoms with Gasteiger partial charge >= 0.3 is 5.97 Å². The molecule has 204 valence electrons. The molecule has 0 atom stereocenters. The van der Waals surface area contributed by atoms with Gasteiger partial charge in [0.15, 0.2) is 5.65 Å². The summed E-state index contributed by atoms with van der Waals surface area (Å²) >= 11 is 0. The Morgan fingerprint density at radius 2 is 1.77 bits per heavy atom. The first kappa shape index (κ1) is 27.0. The van der Waals surface area contributed by atoms with Crippen molar-refractivity contribution in [3.05, 3.63) is 93.9 Å². The summed E-state index contributed by atoms with van der Waals surface area (Å²) in [6, 6.07) is 13.5. The molecule has 0 saturated carbocycles. The van der Waals surface area contributed by atoms with Gasteiger partial charge in [-0.2, -0.15) is 0 Å². The van der Waals surface area contributed by atoms with Gasteiger partial charge in [-0.05, 0) is 73.0 Å². The molecule has 0 spiro atoms. The number of aryl methyl sites for hydroxylation is 1. The van der Waals surface area contributed by atoms with Crippen LogP contribution in [0.4, 0.5) is 10.1 Å². The highest BCUT2D eigenvalue weighted by molar-refractivity contribution is 6.04. The summed E-state index contributed by atoms with van der Waals surface area (Å²) < 4.78 is 15.5. The normalized spacial score (nSPS) is 14.1. The average molecular weight is 541 g/mol. The number of benzene rings is 2. The number of piperazine rings is 1. The Bertz CT molecular complexity index is 1650. The summed E-state index contributed by atoms with van der Waals surface area (Å²) in [6.45, 7) is 5.84. The Kier molecular flexibility index (Phi) is 7.86. The highest BCUT2D eigenvalue weighted by Crippen LogP contribution is 2.21. The molecule has 2 N–H and O–H groups in total. The standard InChI is InChI=1S/C30H29FN6O3/c1-20-3-4-22(15-21(20)6-8-27-33-34-28-17-23(30(39)40)9-10-37(27)28)29(38)32-26-7-5-24(25(16-26)18-31)19-36-13-11-35(2)12-14-36/h3-5,7,9-10,15-17H,11-14,18-19H2,1-2H3,(H,32,38)(H,39,40). The zero-order chi connectivity index (χ0) is 28.2. The van der Waals surface area contributed by atoms with Gasteiger partial charge in [0.25, 0.3) is 5.91 Å². The third-order valence-corrected chi connectivity index (χ3v) is 7.06. The molecule has 1 aliphatic rings. The molecule has 4 aromatic rings. The van der Waals surface area contributed by atoms with Gasteiger partial charge in [0.05, 0.1) is 5.56 Å². The number of carboxylic acids is 1. The minimum absolute atomic E-state index is 0.109. The predicted molar refractivity (Wildman–Crippen MR) is 149 cm³/mol. The fourth-order valence-electron chi connectivity index (χ4n) is 4.56. The Morgan fingerprint density at radius 1 is 0.975 bits per heavy atom. The van der Waals surface area contributed by atoms with Gasteiger partial charge in [0.2, 0.25) is 5.82 Å². The molecule has 0 unspecified atom stereocenters. The molecule has 1 aliphatic heterocycles. The minimum atomic E-state index is -1.05. The fourth-order valence-corrected chi connectivity index (χ4v) is 4.56. The van der Waals surface area contributed by atoms with Crippen LogP contribution in [0.15, 0.2) is 54.7 Å². The monoisotopic (exact) mass is 540 g/mol. The topological polar surface area (TPSA) is 103 Å². The van der Waals surface area contributed by atoms with E-state index in [0.717, 1.165) is 37.3 Å². The Hall–Kier alpha value is -4.59. The molecule has 10 heteroatoms. The number of alkyl halides is 1. The van der Waals surface area contributed by atoms with Crippen molar-refractivity contribution in [1.29, 1.82) is 0 Å². The molecule has 0 bridgehead atoms. The van der Waals surface area contributed by atoms with E-state index in [-0.39, 0.29) is 11.5 Å². The number of anilines is 1. The Morgan fingerprint density at radius 3 is 2.52 bits per heavy atom. The van der Waals surface area contributed by atoms with E-state index in [4.69, 9.17) is 5.11 Å². The SMILES string of the molecule is Cc1ccc(C(=O)Nc2ccc(CN3CCN(C)CC3)c(CF)c2)cc1C#Cc1nnc2cc(C(=O)O)ccn12. The lowest BCUT2D eigenvalue weighted by Gasteiger charge is -2.32. The number of likely N-dealkylation sites (N-methyl/N-ethyl adjacent to an activating group) is 1. The zero-order valence-corrected chi connectivity index (χ0v) is 22.3. The number of carbonyl (C=O) groups excluding carboxylic acids is 1. The number of carboxylic acid groups (broad SMARTS) is 1. The smallest absolute Gasteiger partial charge is 0.335 e. The molecule has 2 aromatic heterocycles. The van der Waals surface area contributed by atoms with E-state index >= 15 is 0 Å². The van der Waals surface area contributed by atoms with Crippen LogP contribution in [0.5, 0.6) is 0 Å². The van der Waals surface area contributed by atoms with E-state index in [9.17, 15) is 14.0 Å². The number of hydrogen-bond acceptors (Lipinski definition) is 6. The lowest BCUT2D eigenvalue weighted by molar-refractivity contribution is 0.0696. The first-order valence-electron chi connectivity index (χ1n) is 12.9. The molecule has 5 rings (SSSR count). The van der Waals surface area contributed by atoms with Crippen LogP contribution < -0.4 is 5.32 Å². The molecular formula is C30H29FN6O3. The number of rotatable bonds is 6. The largest absolute Gasteiger partial charge is 0.478 e. The van der Waals surface area contributed by atoms with Crippen molar-refractivity contribution in [2.75, 3.05) is 38.5 Å². The summed E-state index contributed by atoms with van der Waals surface area (Å²) in [6.07, 6.45) is 1.56. The molecule has 0 radical (unpaired) electrons. The van der Waals surface area contributed by atoms with Crippen molar-refractivity contribution in [2.45, 2.75) is 20.1 Å². The second-order valence-corrected chi connectivity index (χ2v) is 9.90. The van der Waals surface area contributed by atoms with Gasteiger partial charge in [0.1, 0.15) is 6.67 Å².